The van der Waals surface area contributed by atoms with Crippen LogP contribution in [0, 0.1) is 0 Å². The van der Waals surface area contributed by atoms with E-state index in [1.54, 1.807) is 26.0 Å². The molecule has 0 aromatic heterocycles. The first-order valence-electron chi connectivity index (χ1n) is 7.71. The maximum Gasteiger partial charge on any atom is 0.484 e. The fourth-order valence-electron chi connectivity index (χ4n) is 2.13. The molecule has 0 fully saturated rings. The lowest BCUT2D eigenvalue weighted by molar-refractivity contribution is -0.139. The number of fused-ring (bicyclic) bond motifs is 1. The summed E-state index contributed by atoms with van der Waals surface area (Å²) in [5, 5.41) is 0. The van der Waals surface area contributed by atoms with Crippen LogP contribution in [0.25, 0.3) is 5.53 Å². The molecule has 25 heavy (non-hydrogen) atoms. The predicted molar refractivity (Wildman–Crippen MR) is 86.7 cm³/mol. The monoisotopic (exact) mass is 370 g/mol. The molecule has 0 N–H and O–H groups in total. The van der Waals surface area contributed by atoms with Crippen molar-refractivity contribution in [3.05, 3.63) is 29.3 Å². The van der Waals surface area contributed by atoms with Crippen molar-refractivity contribution in [1.29, 1.82) is 0 Å². The van der Waals surface area contributed by atoms with Crippen LogP contribution >= 0.6 is 7.60 Å². The number of hydrogen-bond donors (Lipinski definition) is 0. The quantitative estimate of drug-likeness (QED) is 0.215. The average molecular weight is 370 g/mol. The van der Waals surface area contributed by atoms with Gasteiger partial charge in [0, 0.05) is 6.42 Å². The van der Waals surface area contributed by atoms with E-state index in [0.29, 0.717) is 17.9 Å². The van der Waals surface area contributed by atoms with Gasteiger partial charge in [0.15, 0.2) is 11.5 Å². The predicted octanol–water partition coefficient (Wildman–Crippen LogP) is 2.40. The Morgan fingerprint density at radius 2 is 1.92 bits per heavy atom. The summed E-state index contributed by atoms with van der Waals surface area (Å²) < 4.78 is 37.9. The topological polar surface area (TPSA) is 117 Å². The van der Waals surface area contributed by atoms with Gasteiger partial charge in [-0.25, -0.2) is 9.36 Å². The van der Waals surface area contributed by atoms with Crippen molar-refractivity contribution in [3.8, 4) is 11.5 Å². The smallest absolute Gasteiger partial charge is 0.456 e. The second-order valence-corrected chi connectivity index (χ2v) is 6.77. The molecule has 0 aliphatic carbocycles. The van der Waals surface area contributed by atoms with Crippen LogP contribution in [0.5, 0.6) is 11.5 Å². The Bertz CT molecular complexity index is 721. The van der Waals surface area contributed by atoms with Crippen molar-refractivity contribution in [1.82, 2.24) is 0 Å². The van der Waals surface area contributed by atoms with E-state index in [1.165, 1.54) is 0 Å². The van der Waals surface area contributed by atoms with Gasteiger partial charge in [0.05, 0.1) is 19.8 Å². The van der Waals surface area contributed by atoms with E-state index in [4.69, 9.17) is 28.8 Å². The Balaban J connectivity index is 1.96. The van der Waals surface area contributed by atoms with Crippen molar-refractivity contribution in [2.75, 3.05) is 26.6 Å². The number of esters is 1. The van der Waals surface area contributed by atoms with Crippen molar-refractivity contribution in [2.45, 2.75) is 20.3 Å². The molecule has 0 unspecified atom stereocenters. The summed E-state index contributed by atoms with van der Waals surface area (Å²) in [4.78, 5) is 14.8. The minimum atomic E-state index is -4.02. The average Bonchev–Trinajstić information content (AvgIpc) is 3.03. The lowest BCUT2D eigenvalue weighted by Crippen LogP contribution is -2.22. The Morgan fingerprint density at radius 3 is 2.56 bits per heavy atom. The van der Waals surface area contributed by atoms with Crippen LogP contribution in [0.1, 0.15) is 19.4 Å². The molecule has 2 rings (SSSR count). The molecule has 10 heteroatoms. The normalized spacial score (nSPS) is 12.6. The molecule has 0 atom stereocenters. The largest absolute Gasteiger partial charge is 0.484 e. The molecule has 0 bridgehead atoms. The first-order chi connectivity index (χ1) is 12.0. The van der Waals surface area contributed by atoms with Crippen LogP contribution in [0.4, 0.5) is 0 Å². The number of nitrogens with zero attached hydrogens (tertiary/aromatic N) is 2. The molecule has 1 aromatic carbocycles. The number of hydrogen-bond acceptors (Lipinski definition) is 7. The Hall–Kier alpha value is -2.18. The van der Waals surface area contributed by atoms with Crippen molar-refractivity contribution in [2.24, 2.45) is 0 Å². The molecular formula is C15H19N2O7P. The van der Waals surface area contributed by atoms with E-state index in [-0.39, 0.29) is 26.6 Å². The van der Waals surface area contributed by atoms with Crippen LogP contribution in [-0.4, -0.2) is 42.8 Å². The maximum absolute atomic E-state index is 12.5. The van der Waals surface area contributed by atoms with Gasteiger partial charge in [-0.2, -0.15) is 0 Å². The SMILES string of the molecule is CCOP(=O)(OCC)C(=[N+]=[N-])C(=O)OCCc1ccc2c(c1)OCO2. The van der Waals surface area contributed by atoms with Crippen LogP contribution in [-0.2, 0) is 29.6 Å². The fraction of sp³-hybridized carbons (Fsp3) is 0.467. The van der Waals surface area contributed by atoms with Gasteiger partial charge in [0.2, 0.25) is 6.79 Å². The van der Waals surface area contributed by atoms with E-state index >= 15 is 0 Å². The van der Waals surface area contributed by atoms with Gasteiger partial charge in [-0.3, -0.25) is 0 Å². The van der Waals surface area contributed by atoms with Gasteiger partial charge < -0.3 is 28.8 Å². The second-order valence-electron chi connectivity index (χ2n) is 4.83. The lowest BCUT2D eigenvalue weighted by atomic mass is 10.1. The highest BCUT2D eigenvalue weighted by molar-refractivity contribution is 7.74. The summed E-state index contributed by atoms with van der Waals surface area (Å²) in [6, 6.07) is 5.36. The van der Waals surface area contributed by atoms with E-state index in [1.807, 2.05) is 6.07 Å². The van der Waals surface area contributed by atoms with E-state index in [9.17, 15) is 9.36 Å². The van der Waals surface area contributed by atoms with Crippen LogP contribution < -0.4 is 9.47 Å². The summed E-state index contributed by atoms with van der Waals surface area (Å²) in [5.41, 5.74) is 9.11. The first-order valence-corrected chi connectivity index (χ1v) is 9.25. The molecule has 0 amide bonds. The standard InChI is InChI=1S/C15H19N2O7P/c1-3-23-25(19,24-4-2)14(17-16)15(18)20-8-7-11-5-6-12-13(9-11)22-10-21-12/h5-6,9H,3-4,7-8,10H2,1-2H3. The maximum atomic E-state index is 12.5. The number of rotatable bonds is 9. The minimum Gasteiger partial charge on any atom is -0.456 e. The third-order valence-corrected chi connectivity index (χ3v) is 5.18. The first kappa shape index (κ1) is 19.1. The van der Waals surface area contributed by atoms with Crippen LogP contribution in [0.3, 0.4) is 0 Å². The van der Waals surface area contributed by atoms with Gasteiger partial charge >= 0.3 is 19.0 Å². The van der Waals surface area contributed by atoms with Gasteiger partial charge in [-0.15, -0.1) is 4.79 Å². The Kier molecular flexibility index (Phi) is 6.73. The van der Waals surface area contributed by atoms with E-state index in [0.717, 1.165) is 5.56 Å². The third kappa shape index (κ3) is 4.67. The zero-order valence-electron chi connectivity index (χ0n) is 14.0. The molecule has 0 saturated heterocycles. The number of ether oxygens (including phenoxy) is 3. The Morgan fingerprint density at radius 1 is 1.24 bits per heavy atom. The molecule has 1 aliphatic heterocycles. The number of carbonyl (C=O) groups is 1. The van der Waals surface area contributed by atoms with Gasteiger partial charge in [0.1, 0.15) is 0 Å². The molecule has 1 aromatic rings. The Labute approximate surface area is 144 Å². The zero-order chi connectivity index (χ0) is 18.3. The molecule has 0 saturated carbocycles. The molecule has 0 radical (unpaired) electrons. The molecule has 136 valence electrons. The number of benzene rings is 1. The van der Waals surface area contributed by atoms with Crippen LogP contribution in [0.15, 0.2) is 18.2 Å². The fourth-order valence-corrected chi connectivity index (χ4v) is 3.53. The third-order valence-electron chi connectivity index (χ3n) is 3.20. The summed E-state index contributed by atoms with van der Waals surface area (Å²) in [6.45, 7) is 3.34. The van der Waals surface area contributed by atoms with Crippen molar-refractivity contribution >= 4 is 19.0 Å². The van der Waals surface area contributed by atoms with Gasteiger partial charge in [-0.1, -0.05) is 6.07 Å². The second kappa shape index (κ2) is 8.78. The number of carbonyl (C=O) groups excluding carboxylic acids is 1. The van der Waals surface area contributed by atoms with Gasteiger partial charge in [-0.05, 0) is 31.5 Å². The summed E-state index contributed by atoms with van der Waals surface area (Å²) in [6.07, 6.45) is 0.384. The molecular weight excluding hydrogens is 351 g/mol. The summed E-state index contributed by atoms with van der Waals surface area (Å²) >= 11 is 0. The van der Waals surface area contributed by atoms with E-state index < -0.39 is 19.0 Å². The van der Waals surface area contributed by atoms with E-state index in [2.05, 4.69) is 4.79 Å². The highest BCUT2D eigenvalue weighted by Crippen LogP contribution is 2.49. The highest BCUT2D eigenvalue weighted by atomic mass is 31.2. The molecule has 1 aliphatic rings. The zero-order valence-corrected chi connectivity index (χ0v) is 14.9. The summed E-state index contributed by atoms with van der Waals surface area (Å²) in [7, 11) is -4.02. The van der Waals surface area contributed by atoms with Gasteiger partial charge in [0.25, 0.3) is 0 Å². The molecule has 9 nitrogen and oxygen atoms in total. The molecule has 1 heterocycles. The minimum absolute atomic E-state index is 0.0147. The van der Waals surface area contributed by atoms with Crippen LogP contribution in [0.2, 0.25) is 0 Å². The van der Waals surface area contributed by atoms with Crippen molar-refractivity contribution in [3.63, 3.8) is 0 Å². The highest BCUT2D eigenvalue weighted by Gasteiger charge is 2.47. The molecule has 0 spiro atoms. The lowest BCUT2D eigenvalue weighted by Gasteiger charge is -2.12. The van der Waals surface area contributed by atoms with Crippen molar-refractivity contribution < 1.29 is 37.4 Å². The summed E-state index contributed by atoms with van der Waals surface area (Å²) in [5.74, 6) is 0.219.